The van der Waals surface area contributed by atoms with Crippen LogP contribution in [0.2, 0.25) is 5.02 Å². The zero-order valence-electron chi connectivity index (χ0n) is 18.7. The van der Waals surface area contributed by atoms with E-state index in [4.69, 9.17) is 25.8 Å². The van der Waals surface area contributed by atoms with Crippen LogP contribution >= 0.6 is 22.9 Å². The molecule has 2 N–H and O–H groups in total. The number of aliphatic hydroxyl groups excluding tert-OH is 1. The number of nitrogens with zero attached hydrogens (tertiary/aromatic N) is 1. The number of ether oxygens (including phenoxy) is 3. The number of carbonyl (C=O) groups excluding carboxylic acids is 1. The van der Waals surface area contributed by atoms with Crippen molar-refractivity contribution in [3.05, 3.63) is 45.6 Å². The first-order valence-corrected chi connectivity index (χ1v) is 12.2. The number of morpholine rings is 1. The number of aromatic hydroxyl groups is 1. The first kappa shape index (κ1) is 24.7. The topological polar surface area (TPSA) is 106 Å². The highest BCUT2D eigenvalue weighted by Crippen LogP contribution is 2.43. The van der Waals surface area contributed by atoms with Gasteiger partial charge in [-0.15, -0.1) is 11.3 Å². The van der Waals surface area contributed by atoms with Crippen LogP contribution in [0.4, 0.5) is 0 Å². The Hall–Kier alpha value is -2.43. The lowest BCUT2D eigenvalue weighted by atomic mass is 10.0. The highest BCUT2D eigenvalue weighted by molar-refractivity contribution is 7.25. The number of fused-ring (bicyclic) bond motifs is 2. The summed E-state index contributed by atoms with van der Waals surface area (Å²) in [5.41, 5.74) is -2.14. The molecule has 0 spiro atoms. The van der Waals surface area contributed by atoms with E-state index < -0.39 is 18.2 Å². The fourth-order valence-electron chi connectivity index (χ4n) is 3.92. The maximum absolute atomic E-state index is 13.2. The molecule has 182 valence electrons. The number of esters is 1. The highest BCUT2D eigenvalue weighted by Gasteiger charge is 2.45. The van der Waals surface area contributed by atoms with Crippen LogP contribution in [-0.2, 0) is 14.3 Å². The van der Waals surface area contributed by atoms with Crippen molar-refractivity contribution in [2.24, 2.45) is 0 Å². The maximum atomic E-state index is 13.2. The molecular weight excluding hydrogens is 482 g/mol. The summed E-state index contributed by atoms with van der Waals surface area (Å²) >= 11 is 7.57. The fraction of sp³-hybridized carbons (Fsp3) is 0.417. The van der Waals surface area contributed by atoms with Crippen LogP contribution in [0.15, 0.2) is 35.1 Å². The molecule has 1 aliphatic heterocycles. The number of phenolic OH excluding ortho intramolecular Hbond substituents is 1. The fourth-order valence-corrected chi connectivity index (χ4v) is 5.44. The summed E-state index contributed by atoms with van der Waals surface area (Å²) in [7, 11) is 0. The molecule has 0 amide bonds. The predicted molar refractivity (Wildman–Crippen MR) is 131 cm³/mol. The number of carbonyl (C=O) groups is 1. The minimum absolute atomic E-state index is 0.0153. The quantitative estimate of drug-likeness (QED) is 0.354. The summed E-state index contributed by atoms with van der Waals surface area (Å²) in [6.07, 6.45) is 0.591. The minimum Gasteiger partial charge on any atom is -0.504 e. The molecule has 1 saturated heterocycles. The summed E-state index contributed by atoms with van der Waals surface area (Å²) < 4.78 is 17.9. The van der Waals surface area contributed by atoms with Crippen molar-refractivity contribution in [3.63, 3.8) is 0 Å². The molecule has 1 aliphatic rings. The van der Waals surface area contributed by atoms with E-state index in [9.17, 15) is 19.8 Å². The first-order chi connectivity index (χ1) is 16.4. The Morgan fingerprint density at radius 2 is 2.03 bits per heavy atom. The zero-order chi connectivity index (χ0) is 24.3. The molecule has 1 atom stereocenters. The molecule has 4 rings (SSSR count). The molecule has 1 fully saturated rings. The third-order valence-corrected chi connectivity index (χ3v) is 7.15. The number of hydrogen-bond donors (Lipinski definition) is 2. The van der Waals surface area contributed by atoms with Crippen LogP contribution in [0.1, 0.15) is 13.3 Å². The van der Waals surface area contributed by atoms with E-state index in [-0.39, 0.29) is 45.2 Å². The lowest BCUT2D eigenvalue weighted by Gasteiger charge is -2.37. The van der Waals surface area contributed by atoms with Gasteiger partial charge in [-0.05, 0) is 18.6 Å². The third kappa shape index (κ3) is 4.71. The molecule has 0 radical (unpaired) electrons. The average molecular weight is 508 g/mol. The molecule has 2 aromatic carbocycles. The van der Waals surface area contributed by atoms with E-state index in [0.29, 0.717) is 42.8 Å². The zero-order valence-corrected chi connectivity index (χ0v) is 20.3. The van der Waals surface area contributed by atoms with E-state index >= 15 is 0 Å². The molecule has 0 aliphatic carbocycles. The molecule has 0 bridgehead atoms. The van der Waals surface area contributed by atoms with E-state index in [2.05, 4.69) is 0 Å². The monoisotopic (exact) mass is 507 g/mol. The van der Waals surface area contributed by atoms with Gasteiger partial charge in [-0.1, -0.05) is 30.7 Å². The smallest absolute Gasteiger partial charge is 0.354 e. The maximum Gasteiger partial charge on any atom is 0.354 e. The van der Waals surface area contributed by atoms with Crippen LogP contribution in [0, 0.1) is 0 Å². The van der Waals surface area contributed by atoms with Crippen molar-refractivity contribution in [2.45, 2.75) is 18.9 Å². The van der Waals surface area contributed by atoms with Gasteiger partial charge in [0, 0.05) is 29.2 Å². The van der Waals surface area contributed by atoms with Gasteiger partial charge < -0.3 is 24.4 Å². The van der Waals surface area contributed by atoms with Crippen molar-refractivity contribution in [1.29, 1.82) is 0 Å². The van der Waals surface area contributed by atoms with Crippen LogP contribution < -0.4 is 10.2 Å². The van der Waals surface area contributed by atoms with Crippen molar-refractivity contribution in [1.82, 2.24) is 4.90 Å². The SMILES string of the molecule is CCCOC(=O)C(CO)(CN1CCOCC1)Oc1c(O)cc(Cl)c2c(=O)c3ccccc3sc12. The van der Waals surface area contributed by atoms with Crippen molar-refractivity contribution >= 4 is 49.1 Å². The van der Waals surface area contributed by atoms with E-state index in [1.807, 2.05) is 11.8 Å². The van der Waals surface area contributed by atoms with Crippen molar-refractivity contribution in [2.75, 3.05) is 46.1 Å². The van der Waals surface area contributed by atoms with Crippen molar-refractivity contribution < 1.29 is 29.2 Å². The largest absolute Gasteiger partial charge is 0.504 e. The standard InChI is InChI=1S/C24H26ClNO7S/c1-2-9-32-23(30)24(14-27,13-26-7-10-31-11-8-26)33-21-17(28)12-16(25)19-20(29)15-5-3-4-6-18(15)34-22(19)21/h3-6,12,27-28H,2,7-11,13-14H2,1H3. The van der Waals surface area contributed by atoms with Gasteiger partial charge in [0.2, 0.25) is 5.60 Å². The number of benzene rings is 2. The molecule has 1 unspecified atom stereocenters. The van der Waals surface area contributed by atoms with Gasteiger partial charge in [0.05, 0.1) is 48.1 Å². The second-order valence-corrected chi connectivity index (χ2v) is 9.58. The number of phenols is 1. The third-order valence-electron chi connectivity index (χ3n) is 5.68. The lowest BCUT2D eigenvalue weighted by Crippen LogP contribution is -2.58. The molecule has 1 aromatic heterocycles. The van der Waals surface area contributed by atoms with Crippen LogP contribution in [0.3, 0.4) is 0 Å². The summed E-state index contributed by atoms with van der Waals surface area (Å²) in [5, 5.41) is 22.0. The van der Waals surface area contributed by atoms with Crippen molar-refractivity contribution in [3.8, 4) is 11.5 Å². The Morgan fingerprint density at radius 1 is 1.29 bits per heavy atom. The number of aliphatic hydroxyl groups is 1. The average Bonchev–Trinajstić information content (AvgIpc) is 2.84. The lowest BCUT2D eigenvalue weighted by molar-refractivity contribution is -0.169. The molecule has 8 nitrogen and oxygen atoms in total. The van der Waals surface area contributed by atoms with E-state index in [1.165, 1.54) is 17.4 Å². The molecule has 0 saturated carbocycles. The van der Waals surface area contributed by atoms with Crippen LogP contribution in [-0.4, -0.2) is 72.7 Å². The van der Waals surface area contributed by atoms with E-state index in [1.54, 1.807) is 24.3 Å². The molecule has 10 heteroatoms. The number of halogens is 1. The second kappa shape index (κ2) is 10.5. The van der Waals surface area contributed by atoms with E-state index in [0.717, 1.165) is 0 Å². The molecule has 2 heterocycles. The number of hydrogen-bond acceptors (Lipinski definition) is 9. The van der Waals surface area contributed by atoms with Gasteiger partial charge in [0.15, 0.2) is 16.9 Å². The highest BCUT2D eigenvalue weighted by atomic mass is 35.5. The summed E-state index contributed by atoms with van der Waals surface area (Å²) in [4.78, 5) is 28.3. The van der Waals surface area contributed by atoms with Gasteiger partial charge in [0.25, 0.3) is 0 Å². The molecule has 34 heavy (non-hydrogen) atoms. The Bertz CT molecular complexity index is 1260. The first-order valence-electron chi connectivity index (χ1n) is 11.0. The Balaban J connectivity index is 1.87. The second-order valence-electron chi connectivity index (χ2n) is 8.12. The predicted octanol–water partition coefficient (Wildman–Crippen LogP) is 3.17. The van der Waals surface area contributed by atoms with Gasteiger partial charge in [-0.25, -0.2) is 4.79 Å². The summed E-state index contributed by atoms with van der Waals surface area (Å²) in [5.74, 6) is -1.19. The normalized spacial score (nSPS) is 16.4. The summed E-state index contributed by atoms with van der Waals surface area (Å²) in [6, 6.07) is 8.27. The van der Waals surface area contributed by atoms with Gasteiger partial charge in [-0.2, -0.15) is 0 Å². The van der Waals surface area contributed by atoms with Gasteiger partial charge in [-0.3, -0.25) is 9.69 Å². The number of rotatable bonds is 8. The molecular formula is C24H26ClNO7S. The van der Waals surface area contributed by atoms with Gasteiger partial charge in [0.1, 0.15) is 0 Å². The van der Waals surface area contributed by atoms with Crippen LogP contribution in [0.5, 0.6) is 11.5 Å². The van der Waals surface area contributed by atoms with Gasteiger partial charge >= 0.3 is 5.97 Å². The van der Waals surface area contributed by atoms with Crippen LogP contribution in [0.25, 0.3) is 20.2 Å². The minimum atomic E-state index is -1.83. The summed E-state index contributed by atoms with van der Waals surface area (Å²) in [6.45, 7) is 3.37. The Labute approximate surface area is 205 Å². The Kier molecular flexibility index (Phi) is 7.59. The molecule has 3 aromatic rings. The Morgan fingerprint density at radius 3 is 2.74 bits per heavy atom.